The predicted octanol–water partition coefficient (Wildman–Crippen LogP) is 2.89. The van der Waals surface area contributed by atoms with Gasteiger partial charge in [-0.3, -0.25) is 0 Å². The lowest BCUT2D eigenvalue weighted by molar-refractivity contribution is 0.285. The van der Waals surface area contributed by atoms with Crippen molar-refractivity contribution in [2.75, 3.05) is 6.61 Å². The second-order valence-electron chi connectivity index (χ2n) is 3.29. The summed E-state index contributed by atoms with van der Waals surface area (Å²) in [4.78, 5) is 0. The molecular formula is C10H11FOS. The van der Waals surface area contributed by atoms with Gasteiger partial charge in [0.1, 0.15) is 11.6 Å². The summed E-state index contributed by atoms with van der Waals surface area (Å²) in [5.74, 6) is 0.440. The zero-order chi connectivity index (χ0) is 9.42. The molecule has 1 aliphatic rings. The van der Waals surface area contributed by atoms with Gasteiger partial charge in [-0.1, -0.05) is 0 Å². The molecule has 0 saturated heterocycles. The quantitative estimate of drug-likeness (QED) is 0.631. The van der Waals surface area contributed by atoms with Gasteiger partial charge in [-0.15, -0.1) is 0 Å². The summed E-state index contributed by atoms with van der Waals surface area (Å²) in [5.41, 5.74) is 1.66. The Balaban J connectivity index is 2.52. The Kier molecular flexibility index (Phi) is 2.20. The molecule has 1 aromatic rings. The molecule has 1 atom stereocenters. The molecule has 0 N–H and O–H groups in total. The molecule has 1 unspecified atom stereocenters. The fraction of sp³-hybridized carbons (Fsp3) is 0.400. The van der Waals surface area contributed by atoms with E-state index in [0.29, 0.717) is 17.9 Å². The second-order valence-corrected chi connectivity index (χ2v) is 3.92. The van der Waals surface area contributed by atoms with Gasteiger partial charge in [0.2, 0.25) is 0 Å². The maximum Gasteiger partial charge on any atom is 0.129 e. The summed E-state index contributed by atoms with van der Waals surface area (Å²) >= 11 is 4.42. The van der Waals surface area contributed by atoms with E-state index in [1.807, 2.05) is 6.07 Å². The molecular weight excluding hydrogens is 187 g/mol. The van der Waals surface area contributed by atoms with Crippen LogP contribution >= 0.6 is 12.6 Å². The van der Waals surface area contributed by atoms with Crippen LogP contribution < -0.4 is 4.74 Å². The van der Waals surface area contributed by atoms with Crippen molar-refractivity contribution in [2.45, 2.75) is 18.6 Å². The van der Waals surface area contributed by atoms with E-state index >= 15 is 0 Å². The van der Waals surface area contributed by atoms with E-state index in [4.69, 9.17) is 4.74 Å². The molecule has 0 amide bonds. The summed E-state index contributed by atoms with van der Waals surface area (Å²) in [6, 6.07) is 3.27. The molecule has 0 fully saturated rings. The molecule has 0 saturated carbocycles. The molecule has 2 rings (SSSR count). The van der Waals surface area contributed by atoms with Crippen LogP contribution in [0.5, 0.6) is 5.75 Å². The van der Waals surface area contributed by atoms with Crippen molar-refractivity contribution in [3.8, 4) is 5.75 Å². The Hall–Kier alpha value is -0.700. The highest BCUT2D eigenvalue weighted by molar-refractivity contribution is 7.80. The number of aryl methyl sites for hydroxylation is 1. The van der Waals surface area contributed by atoms with Gasteiger partial charge in [0.25, 0.3) is 0 Å². The first-order chi connectivity index (χ1) is 6.18. The Labute approximate surface area is 82.3 Å². The topological polar surface area (TPSA) is 9.23 Å². The third-order valence-electron chi connectivity index (χ3n) is 2.30. The molecule has 70 valence electrons. The fourth-order valence-electron chi connectivity index (χ4n) is 1.51. The predicted molar refractivity (Wildman–Crippen MR) is 53.0 cm³/mol. The van der Waals surface area contributed by atoms with Gasteiger partial charge in [-0.25, -0.2) is 4.39 Å². The number of benzene rings is 1. The van der Waals surface area contributed by atoms with Crippen molar-refractivity contribution in [3.63, 3.8) is 0 Å². The van der Waals surface area contributed by atoms with Gasteiger partial charge >= 0.3 is 0 Å². The Morgan fingerprint density at radius 3 is 3.08 bits per heavy atom. The summed E-state index contributed by atoms with van der Waals surface area (Å²) in [5, 5.41) is 0.183. The Bertz CT molecular complexity index is 338. The second kappa shape index (κ2) is 3.22. The van der Waals surface area contributed by atoms with Gasteiger partial charge in [-0.05, 0) is 25.0 Å². The first-order valence-electron chi connectivity index (χ1n) is 4.29. The van der Waals surface area contributed by atoms with Gasteiger partial charge in [0.05, 0.1) is 6.61 Å². The Morgan fingerprint density at radius 1 is 1.54 bits per heavy atom. The average molecular weight is 198 g/mol. The molecule has 0 bridgehead atoms. The number of hydrogen-bond donors (Lipinski definition) is 1. The maximum atomic E-state index is 13.1. The van der Waals surface area contributed by atoms with E-state index in [0.717, 1.165) is 12.0 Å². The van der Waals surface area contributed by atoms with Crippen molar-refractivity contribution >= 4 is 12.6 Å². The van der Waals surface area contributed by atoms with Crippen LogP contribution in [0, 0.1) is 12.7 Å². The summed E-state index contributed by atoms with van der Waals surface area (Å²) in [6.45, 7) is 2.38. The lowest BCUT2D eigenvalue weighted by atomic mass is 10.0. The monoisotopic (exact) mass is 198 g/mol. The first-order valence-corrected chi connectivity index (χ1v) is 4.81. The standard InChI is InChI=1S/C10H11FOS/c1-6-4-7-9(5-8(6)11)12-3-2-10(7)13/h4-5,10,13H,2-3H2,1H3. The van der Waals surface area contributed by atoms with Crippen LogP contribution in [0.4, 0.5) is 4.39 Å². The van der Waals surface area contributed by atoms with Gasteiger partial charge in [-0.2, -0.15) is 12.6 Å². The van der Waals surface area contributed by atoms with Crippen molar-refractivity contribution in [2.24, 2.45) is 0 Å². The fourth-order valence-corrected chi connectivity index (χ4v) is 1.81. The molecule has 0 radical (unpaired) electrons. The summed E-state index contributed by atoms with van der Waals surface area (Å²) < 4.78 is 18.5. The van der Waals surface area contributed by atoms with Gasteiger partial charge < -0.3 is 4.74 Å². The third kappa shape index (κ3) is 1.53. The minimum absolute atomic E-state index is 0.183. The maximum absolute atomic E-state index is 13.1. The molecule has 0 aliphatic carbocycles. The van der Waals surface area contributed by atoms with Crippen molar-refractivity contribution in [1.82, 2.24) is 0 Å². The molecule has 1 aromatic carbocycles. The van der Waals surface area contributed by atoms with Crippen LogP contribution in [0.25, 0.3) is 0 Å². The number of ether oxygens (including phenoxy) is 1. The lowest BCUT2D eigenvalue weighted by Crippen LogP contribution is -2.11. The number of fused-ring (bicyclic) bond motifs is 1. The zero-order valence-corrected chi connectivity index (χ0v) is 8.27. The van der Waals surface area contributed by atoms with Gasteiger partial charge in [0.15, 0.2) is 0 Å². The SMILES string of the molecule is Cc1cc2c(cc1F)OCCC2S. The van der Waals surface area contributed by atoms with E-state index < -0.39 is 0 Å². The van der Waals surface area contributed by atoms with Crippen LogP contribution in [-0.2, 0) is 0 Å². The molecule has 1 aliphatic heterocycles. The van der Waals surface area contributed by atoms with E-state index in [9.17, 15) is 4.39 Å². The zero-order valence-electron chi connectivity index (χ0n) is 7.38. The molecule has 0 spiro atoms. The van der Waals surface area contributed by atoms with Crippen LogP contribution in [-0.4, -0.2) is 6.61 Å². The summed E-state index contributed by atoms with van der Waals surface area (Å²) in [7, 11) is 0. The van der Waals surface area contributed by atoms with Crippen molar-refractivity contribution < 1.29 is 9.13 Å². The molecule has 0 aromatic heterocycles. The number of thiol groups is 1. The molecule has 1 nitrogen and oxygen atoms in total. The average Bonchev–Trinajstić information content (AvgIpc) is 2.09. The summed E-state index contributed by atoms with van der Waals surface area (Å²) in [6.07, 6.45) is 0.890. The highest BCUT2D eigenvalue weighted by atomic mass is 32.1. The van der Waals surface area contributed by atoms with E-state index in [2.05, 4.69) is 12.6 Å². The molecule has 13 heavy (non-hydrogen) atoms. The minimum Gasteiger partial charge on any atom is -0.493 e. The highest BCUT2D eigenvalue weighted by Crippen LogP contribution is 2.37. The molecule has 1 heterocycles. The van der Waals surface area contributed by atoms with Crippen LogP contribution in [0.3, 0.4) is 0 Å². The highest BCUT2D eigenvalue weighted by Gasteiger charge is 2.19. The van der Waals surface area contributed by atoms with Gasteiger partial charge in [0, 0.05) is 16.9 Å². The number of hydrogen-bond acceptors (Lipinski definition) is 2. The number of halogens is 1. The third-order valence-corrected chi connectivity index (χ3v) is 2.84. The smallest absolute Gasteiger partial charge is 0.129 e. The van der Waals surface area contributed by atoms with Crippen LogP contribution in [0.15, 0.2) is 12.1 Å². The Morgan fingerprint density at radius 2 is 2.31 bits per heavy atom. The lowest BCUT2D eigenvalue weighted by Gasteiger charge is -2.22. The van der Waals surface area contributed by atoms with E-state index in [1.165, 1.54) is 6.07 Å². The van der Waals surface area contributed by atoms with E-state index in [-0.39, 0.29) is 11.1 Å². The number of rotatable bonds is 0. The van der Waals surface area contributed by atoms with Crippen LogP contribution in [0.1, 0.15) is 22.8 Å². The largest absolute Gasteiger partial charge is 0.493 e. The normalized spacial score (nSPS) is 20.7. The van der Waals surface area contributed by atoms with Crippen molar-refractivity contribution in [3.05, 3.63) is 29.1 Å². The van der Waals surface area contributed by atoms with Crippen LogP contribution in [0.2, 0.25) is 0 Å². The van der Waals surface area contributed by atoms with Crippen molar-refractivity contribution in [1.29, 1.82) is 0 Å². The minimum atomic E-state index is -0.207. The first kappa shape index (κ1) is 8.88. The van der Waals surface area contributed by atoms with E-state index in [1.54, 1.807) is 6.92 Å². The molecule has 3 heteroatoms.